The zero-order chi connectivity index (χ0) is 19.3. The molecule has 1 saturated carbocycles. The van der Waals surface area contributed by atoms with Gasteiger partial charge in [-0.2, -0.15) is 0 Å². The molecular formula is C24H27N2O2-. The normalized spacial score (nSPS) is 15.9. The molecule has 1 aromatic carbocycles. The summed E-state index contributed by atoms with van der Waals surface area (Å²) in [5.74, 6) is -0.808. The highest BCUT2D eigenvalue weighted by Crippen LogP contribution is 2.34. The number of unbranched alkanes of at least 4 members (excludes halogenated alkanes) is 1. The molecule has 0 bridgehead atoms. The van der Waals surface area contributed by atoms with Gasteiger partial charge < -0.3 is 14.5 Å². The predicted molar refractivity (Wildman–Crippen MR) is 109 cm³/mol. The van der Waals surface area contributed by atoms with E-state index in [1.54, 1.807) is 0 Å². The van der Waals surface area contributed by atoms with E-state index < -0.39 is 5.97 Å². The molecule has 1 aliphatic rings. The van der Waals surface area contributed by atoms with Crippen molar-refractivity contribution in [1.29, 1.82) is 0 Å². The summed E-state index contributed by atoms with van der Waals surface area (Å²) in [5, 5.41) is 12.7. The number of hydrogen-bond acceptors (Lipinski definition) is 3. The highest BCUT2D eigenvalue weighted by molar-refractivity contribution is 5.93. The van der Waals surface area contributed by atoms with Crippen LogP contribution in [0.2, 0.25) is 0 Å². The highest BCUT2D eigenvalue weighted by atomic mass is 16.4. The van der Waals surface area contributed by atoms with E-state index in [4.69, 9.17) is 0 Å². The van der Waals surface area contributed by atoms with E-state index in [0.29, 0.717) is 5.92 Å². The van der Waals surface area contributed by atoms with Crippen molar-refractivity contribution in [3.63, 3.8) is 0 Å². The lowest BCUT2D eigenvalue weighted by molar-refractivity contribution is -0.313. The van der Waals surface area contributed by atoms with Gasteiger partial charge >= 0.3 is 0 Å². The summed E-state index contributed by atoms with van der Waals surface area (Å²) in [7, 11) is 0. The van der Waals surface area contributed by atoms with Gasteiger partial charge in [0.25, 0.3) is 0 Å². The van der Waals surface area contributed by atoms with Crippen molar-refractivity contribution in [3.8, 4) is 11.1 Å². The minimum Gasteiger partial charge on any atom is -0.550 e. The van der Waals surface area contributed by atoms with Gasteiger partial charge in [0.15, 0.2) is 0 Å². The molecule has 4 rings (SSSR count). The molecule has 3 aromatic rings. The highest BCUT2D eigenvalue weighted by Gasteiger charge is 2.25. The molecule has 1 aliphatic carbocycles. The van der Waals surface area contributed by atoms with Crippen LogP contribution in [0.3, 0.4) is 0 Å². The second-order valence-electron chi connectivity index (χ2n) is 7.94. The summed E-state index contributed by atoms with van der Waals surface area (Å²) in [5.41, 5.74) is 3.38. The number of aryl methyl sites for hydroxylation is 1. The topological polar surface area (TPSA) is 57.9 Å². The maximum atomic E-state index is 11.6. The molecule has 2 aromatic heterocycles. The first kappa shape index (κ1) is 18.7. The average molecular weight is 375 g/mol. The number of fused-ring (bicyclic) bond motifs is 1. The molecule has 0 radical (unpaired) electrons. The maximum Gasteiger partial charge on any atom is 0.140 e. The standard InChI is InChI=1S/C24H28N2O2/c27-24(28)20(18-11-4-5-12-18)13-6-7-16-26-17-22(19-9-2-1-3-10-19)21-14-8-15-25-23(21)26/h1-3,8-10,14-15,17-18,20H,4-7,11-13,16H2,(H,27,28)/p-1. The number of rotatable bonds is 8. The summed E-state index contributed by atoms with van der Waals surface area (Å²) >= 11 is 0. The molecule has 0 N–H and O–H groups in total. The first-order chi connectivity index (χ1) is 13.7. The summed E-state index contributed by atoms with van der Waals surface area (Å²) < 4.78 is 2.21. The number of hydrogen-bond donors (Lipinski definition) is 0. The van der Waals surface area contributed by atoms with Crippen molar-refractivity contribution in [2.75, 3.05) is 0 Å². The molecule has 146 valence electrons. The lowest BCUT2D eigenvalue weighted by atomic mass is 9.87. The maximum absolute atomic E-state index is 11.6. The fourth-order valence-corrected chi connectivity index (χ4v) is 4.69. The van der Waals surface area contributed by atoms with Crippen LogP contribution in [0.5, 0.6) is 0 Å². The molecule has 0 amide bonds. The van der Waals surface area contributed by atoms with Crippen LogP contribution >= 0.6 is 0 Å². The molecule has 1 fully saturated rings. The molecule has 1 atom stereocenters. The van der Waals surface area contributed by atoms with E-state index in [-0.39, 0.29) is 5.92 Å². The quantitative estimate of drug-likeness (QED) is 0.547. The van der Waals surface area contributed by atoms with E-state index >= 15 is 0 Å². The third kappa shape index (κ3) is 3.96. The van der Waals surface area contributed by atoms with Crippen molar-refractivity contribution in [2.24, 2.45) is 11.8 Å². The molecule has 2 heterocycles. The first-order valence-corrected chi connectivity index (χ1v) is 10.4. The van der Waals surface area contributed by atoms with Gasteiger partial charge in [0.2, 0.25) is 0 Å². The Balaban J connectivity index is 1.44. The summed E-state index contributed by atoms with van der Waals surface area (Å²) in [6.07, 6.45) is 11.0. The van der Waals surface area contributed by atoms with Crippen LogP contribution in [0.1, 0.15) is 44.9 Å². The van der Waals surface area contributed by atoms with Crippen LogP contribution in [0.4, 0.5) is 0 Å². The largest absolute Gasteiger partial charge is 0.550 e. The first-order valence-electron chi connectivity index (χ1n) is 10.4. The van der Waals surface area contributed by atoms with E-state index in [0.717, 1.165) is 62.5 Å². The van der Waals surface area contributed by atoms with Crippen molar-refractivity contribution in [3.05, 3.63) is 54.9 Å². The Morgan fingerprint density at radius 2 is 1.89 bits per heavy atom. The van der Waals surface area contributed by atoms with Crippen molar-refractivity contribution in [1.82, 2.24) is 9.55 Å². The number of nitrogens with zero attached hydrogens (tertiary/aromatic N) is 2. The van der Waals surface area contributed by atoms with Gasteiger partial charge in [-0.15, -0.1) is 0 Å². The summed E-state index contributed by atoms with van der Waals surface area (Å²) in [6, 6.07) is 14.5. The molecular weight excluding hydrogens is 348 g/mol. The van der Waals surface area contributed by atoms with Crippen LogP contribution in [-0.4, -0.2) is 15.5 Å². The Morgan fingerprint density at radius 3 is 2.64 bits per heavy atom. The molecule has 1 unspecified atom stereocenters. The number of carboxylic acid groups (broad SMARTS) is 1. The van der Waals surface area contributed by atoms with E-state index in [1.807, 2.05) is 18.3 Å². The fourth-order valence-electron chi connectivity index (χ4n) is 4.69. The van der Waals surface area contributed by atoms with Gasteiger partial charge in [0.05, 0.1) is 0 Å². The minimum absolute atomic E-state index is 0.276. The Labute approximate surface area is 166 Å². The van der Waals surface area contributed by atoms with E-state index in [9.17, 15) is 9.90 Å². The van der Waals surface area contributed by atoms with E-state index in [2.05, 4.69) is 46.1 Å². The molecule has 28 heavy (non-hydrogen) atoms. The Morgan fingerprint density at radius 1 is 1.11 bits per heavy atom. The van der Waals surface area contributed by atoms with Crippen LogP contribution in [-0.2, 0) is 11.3 Å². The molecule has 4 heteroatoms. The predicted octanol–water partition coefficient (Wildman–Crippen LogP) is 4.43. The van der Waals surface area contributed by atoms with Gasteiger partial charge in [-0.3, -0.25) is 0 Å². The van der Waals surface area contributed by atoms with Crippen molar-refractivity contribution < 1.29 is 9.90 Å². The second kappa shape index (κ2) is 8.59. The van der Waals surface area contributed by atoms with E-state index in [1.165, 1.54) is 11.1 Å². The third-order valence-electron chi connectivity index (χ3n) is 6.15. The average Bonchev–Trinajstić information content (AvgIpc) is 3.37. The SMILES string of the molecule is O=C([O-])C(CCCCn1cc(-c2ccccc2)c2cccnc21)C1CCCC1. The number of aromatic nitrogens is 2. The van der Waals surface area contributed by atoms with Gasteiger partial charge in [0, 0.05) is 41.8 Å². The molecule has 0 spiro atoms. The Bertz CT molecular complexity index is 926. The number of aliphatic carboxylic acids is 1. The fraction of sp³-hybridized carbons (Fsp3) is 0.417. The lowest BCUT2D eigenvalue weighted by Gasteiger charge is -2.24. The van der Waals surface area contributed by atoms with Crippen LogP contribution in [0.25, 0.3) is 22.2 Å². The lowest BCUT2D eigenvalue weighted by Crippen LogP contribution is -2.35. The number of benzene rings is 1. The summed E-state index contributed by atoms with van der Waals surface area (Å²) in [4.78, 5) is 16.2. The van der Waals surface area contributed by atoms with Crippen LogP contribution in [0.15, 0.2) is 54.9 Å². The molecule has 0 aliphatic heterocycles. The zero-order valence-electron chi connectivity index (χ0n) is 16.2. The number of carboxylic acids is 1. The monoisotopic (exact) mass is 375 g/mol. The van der Waals surface area contributed by atoms with Crippen molar-refractivity contribution >= 4 is 17.0 Å². The summed E-state index contributed by atoms with van der Waals surface area (Å²) in [6.45, 7) is 0.852. The zero-order valence-corrected chi connectivity index (χ0v) is 16.2. The minimum atomic E-state index is -0.855. The van der Waals surface area contributed by atoms with Gasteiger partial charge in [-0.25, -0.2) is 4.98 Å². The third-order valence-corrected chi connectivity index (χ3v) is 6.15. The second-order valence-corrected chi connectivity index (χ2v) is 7.94. The van der Waals surface area contributed by atoms with Gasteiger partial charge in [-0.1, -0.05) is 49.6 Å². The van der Waals surface area contributed by atoms with Crippen LogP contribution < -0.4 is 5.11 Å². The van der Waals surface area contributed by atoms with Gasteiger partial charge in [0.1, 0.15) is 5.65 Å². The molecule has 0 saturated heterocycles. The van der Waals surface area contributed by atoms with Gasteiger partial charge in [-0.05, 0) is 49.3 Å². The Hall–Kier alpha value is -2.62. The Kier molecular flexibility index (Phi) is 5.75. The molecule has 4 nitrogen and oxygen atoms in total. The van der Waals surface area contributed by atoms with Crippen LogP contribution in [0, 0.1) is 11.8 Å². The smallest absolute Gasteiger partial charge is 0.140 e. The number of carbonyl (C=O) groups is 1. The van der Waals surface area contributed by atoms with Crippen molar-refractivity contribution in [2.45, 2.75) is 51.5 Å². The number of pyridine rings is 1. The number of carbonyl (C=O) groups excluding carboxylic acids is 1.